The Kier molecular flexibility index (Phi) is 4.73. The number of hydrogen-bond acceptors (Lipinski definition) is 5. The molecule has 0 radical (unpaired) electrons. The van der Waals surface area contributed by atoms with E-state index in [9.17, 15) is 4.79 Å². The maximum absolute atomic E-state index is 12.7. The van der Waals surface area contributed by atoms with E-state index < -0.39 is 0 Å². The van der Waals surface area contributed by atoms with Gasteiger partial charge in [-0.1, -0.05) is 6.92 Å². The summed E-state index contributed by atoms with van der Waals surface area (Å²) in [6, 6.07) is 1.70. The van der Waals surface area contributed by atoms with Crippen LogP contribution in [0.1, 0.15) is 36.7 Å². The molecule has 1 amide bonds. The van der Waals surface area contributed by atoms with Crippen LogP contribution in [0.4, 0.5) is 0 Å². The Labute approximate surface area is 149 Å². The lowest BCUT2D eigenvalue weighted by molar-refractivity contribution is 0.0528. The van der Waals surface area contributed by atoms with Crippen molar-refractivity contribution in [3.63, 3.8) is 0 Å². The van der Waals surface area contributed by atoms with Crippen molar-refractivity contribution >= 4 is 5.91 Å². The van der Waals surface area contributed by atoms with Crippen LogP contribution in [0.5, 0.6) is 0 Å². The van der Waals surface area contributed by atoms with Crippen molar-refractivity contribution in [2.45, 2.75) is 26.2 Å². The van der Waals surface area contributed by atoms with Crippen molar-refractivity contribution in [3.8, 4) is 0 Å². The number of aromatic nitrogens is 2. The highest BCUT2D eigenvalue weighted by molar-refractivity contribution is 5.92. The maximum Gasteiger partial charge on any atom is 0.272 e. The summed E-state index contributed by atoms with van der Waals surface area (Å²) < 4.78 is 6.05. The fourth-order valence-corrected chi connectivity index (χ4v) is 4.39. The number of hydrogen-bond donors (Lipinski definition) is 0. The van der Waals surface area contributed by atoms with Crippen LogP contribution < -0.4 is 0 Å². The minimum absolute atomic E-state index is 0.0341. The average Bonchev–Trinajstić information content (AvgIpc) is 3.28. The molecule has 1 spiro atoms. The first-order valence-corrected chi connectivity index (χ1v) is 9.55. The van der Waals surface area contributed by atoms with Crippen LogP contribution in [-0.4, -0.2) is 71.6 Å². The van der Waals surface area contributed by atoms with Crippen molar-refractivity contribution in [2.75, 3.05) is 45.9 Å². The quantitative estimate of drug-likeness (QED) is 0.786. The number of amides is 1. The summed E-state index contributed by atoms with van der Waals surface area (Å²) >= 11 is 0. The highest BCUT2D eigenvalue weighted by Gasteiger charge is 2.51. The van der Waals surface area contributed by atoms with E-state index in [-0.39, 0.29) is 11.3 Å². The molecule has 2 aliphatic heterocycles. The van der Waals surface area contributed by atoms with E-state index in [4.69, 9.17) is 4.74 Å². The Bertz CT molecular complexity index is 607. The molecular formula is C19H28N4O2. The molecule has 6 heteroatoms. The zero-order valence-corrected chi connectivity index (χ0v) is 15.1. The van der Waals surface area contributed by atoms with E-state index >= 15 is 0 Å². The summed E-state index contributed by atoms with van der Waals surface area (Å²) in [7, 11) is 0. The Morgan fingerprint density at radius 2 is 2.24 bits per heavy atom. The first-order valence-electron chi connectivity index (χ1n) is 9.55. The van der Waals surface area contributed by atoms with E-state index in [1.165, 1.54) is 19.2 Å². The molecule has 2 atom stereocenters. The summed E-state index contributed by atoms with van der Waals surface area (Å²) in [5.74, 6) is 1.36. The van der Waals surface area contributed by atoms with E-state index in [0.29, 0.717) is 11.6 Å². The number of carbonyl (C=O) groups is 1. The first kappa shape index (κ1) is 16.9. The number of nitrogens with zero attached hydrogens (tertiary/aromatic N) is 4. The minimum Gasteiger partial charge on any atom is -0.381 e. The van der Waals surface area contributed by atoms with Crippen molar-refractivity contribution in [3.05, 3.63) is 24.3 Å². The zero-order chi connectivity index (χ0) is 17.3. The van der Waals surface area contributed by atoms with Gasteiger partial charge in [0.2, 0.25) is 0 Å². The second kappa shape index (κ2) is 7.00. The SMILES string of the molecule is CCN1C[C@@H](COCC2CC2)[C@]2(CCN(C(=O)c3ccncn3)C2)C1. The van der Waals surface area contributed by atoms with E-state index in [2.05, 4.69) is 21.8 Å². The van der Waals surface area contributed by atoms with Crippen molar-refractivity contribution in [1.29, 1.82) is 0 Å². The van der Waals surface area contributed by atoms with Gasteiger partial charge in [0.1, 0.15) is 12.0 Å². The number of rotatable bonds is 6. The molecule has 6 nitrogen and oxygen atoms in total. The summed E-state index contributed by atoms with van der Waals surface area (Å²) in [5.41, 5.74) is 0.682. The number of carbonyl (C=O) groups excluding carboxylic acids is 1. The fraction of sp³-hybridized carbons (Fsp3) is 0.737. The Hall–Kier alpha value is -1.53. The van der Waals surface area contributed by atoms with Crippen LogP contribution in [0.25, 0.3) is 0 Å². The second-order valence-electron chi connectivity index (χ2n) is 7.94. The molecule has 0 bridgehead atoms. The lowest BCUT2D eigenvalue weighted by atomic mass is 9.77. The van der Waals surface area contributed by atoms with Crippen molar-refractivity contribution in [2.24, 2.45) is 17.3 Å². The van der Waals surface area contributed by atoms with Gasteiger partial charge in [-0.2, -0.15) is 0 Å². The van der Waals surface area contributed by atoms with E-state index in [1.807, 2.05) is 4.90 Å². The zero-order valence-electron chi connectivity index (χ0n) is 15.1. The van der Waals surface area contributed by atoms with Gasteiger partial charge in [-0.3, -0.25) is 4.79 Å². The molecule has 0 unspecified atom stereocenters. The van der Waals surface area contributed by atoms with Crippen LogP contribution >= 0.6 is 0 Å². The molecule has 4 rings (SSSR count). The molecule has 3 aliphatic rings. The second-order valence-corrected chi connectivity index (χ2v) is 7.94. The van der Waals surface area contributed by atoms with Crippen LogP contribution in [0, 0.1) is 17.3 Å². The standard InChI is InChI=1S/C19H28N4O2/c1-2-22-9-16(11-25-10-15-3-4-15)19(12-22)6-8-23(13-19)18(24)17-5-7-20-14-21-17/h5,7,14-16H,2-4,6,8-13H2,1H3/t16-,19+/m0/s1. The molecule has 25 heavy (non-hydrogen) atoms. The largest absolute Gasteiger partial charge is 0.381 e. The van der Waals surface area contributed by atoms with Crippen molar-refractivity contribution in [1.82, 2.24) is 19.8 Å². The molecule has 0 N–H and O–H groups in total. The lowest BCUT2D eigenvalue weighted by Crippen LogP contribution is -2.38. The molecule has 0 aromatic carbocycles. The van der Waals surface area contributed by atoms with Crippen LogP contribution in [0.2, 0.25) is 0 Å². The molecule has 3 heterocycles. The number of likely N-dealkylation sites (tertiary alicyclic amines) is 2. The number of ether oxygens (including phenoxy) is 1. The predicted molar refractivity (Wildman–Crippen MR) is 94.1 cm³/mol. The van der Waals surface area contributed by atoms with Gasteiger partial charge >= 0.3 is 0 Å². The van der Waals surface area contributed by atoms with Gasteiger partial charge in [0.25, 0.3) is 5.91 Å². The topological polar surface area (TPSA) is 58.6 Å². The average molecular weight is 344 g/mol. The summed E-state index contributed by atoms with van der Waals surface area (Å²) in [6.07, 6.45) is 6.81. The third kappa shape index (κ3) is 3.55. The molecule has 136 valence electrons. The van der Waals surface area contributed by atoms with Crippen LogP contribution in [-0.2, 0) is 4.74 Å². The van der Waals surface area contributed by atoms with Gasteiger partial charge in [0.15, 0.2) is 0 Å². The monoisotopic (exact) mass is 344 g/mol. The van der Waals surface area contributed by atoms with Gasteiger partial charge in [-0.15, -0.1) is 0 Å². The molecular weight excluding hydrogens is 316 g/mol. The fourth-order valence-electron chi connectivity index (χ4n) is 4.39. The van der Waals surface area contributed by atoms with Crippen LogP contribution in [0.15, 0.2) is 18.6 Å². The molecule has 2 saturated heterocycles. The first-order chi connectivity index (χ1) is 12.2. The Balaban J connectivity index is 1.42. The third-order valence-corrected chi connectivity index (χ3v) is 6.17. The molecule has 1 aromatic rings. The molecule has 1 aliphatic carbocycles. The Morgan fingerprint density at radius 1 is 1.36 bits per heavy atom. The smallest absolute Gasteiger partial charge is 0.272 e. The summed E-state index contributed by atoms with van der Waals surface area (Å²) in [4.78, 5) is 25.3. The van der Waals surface area contributed by atoms with Gasteiger partial charge in [-0.05, 0) is 37.8 Å². The van der Waals surface area contributed by atoms with Gasteiger partial charge in [0.05, 0.1) is 6.61 Å². The molecule has 1 aromatic heterocycles. The maximum atomic E-state index is 12.7. The molecule has 3 fully saturated rings. The predicted octanol–water partition coefficient (Wildman–Crippen LogP) is 1.69. The lowest BCUT2D eigenvalue weighted by Gasteiger charge is -2.30. The van der Waals surface area contributed by atoms with Gasteiger partial charge in [0, 0.05) is 50.3 Å². The third-order valence-electron chi connectivity index (χ3n) is 6.17. The van der Waals surface area contributed by atoms with E-state index in [1.54, 1.807) is 12.3 Å². The van der Waals surface area contributed by atoms with Gasteiger partial charge < -0.3 is 14.5 Å². The van der Waals surface area contributed by atoms with E-state index in [0.717, 1.165) is 58.3 Å². The summed E-state index contributed by atoms with van der Waals surface area (Å²) in [5, 5.41) is 0. The highest BCUT2D eigenvalue weighted by atomic mass is 16.5. The van der Waals surface area contributed by atoms with Gasteiger partial charge in [-0.25, -0.2) is 9.97 Å². The van der Waals surface area contributed by atoms with Crippen LogP contribution in [0.3, 0.4) is 0 Å². The van der Waals surface area contributed by atoms with Crippen molar-refractivity contribution < 1.29 is 9.53 Å². The summed E-state index contributed by atoms with van der Waals surface area (Å²) in [6.45, 7) is 8.86. The Morgan fingerprint density at radius 3 is 2.96 bits per heavy atom. The minimum atomic E-state index is 0.0341. The normalized spacial score (nSPS) is 29.6. The highest BCUT2D eigenvalue weighted by Crippen LogP contribution is 2.44. The molecule has 1 saturated carbocycles.